The summed E-state index contributed by atoms with van der Waals surface area (Å²) in [6.45, 7) is 5.68. The van der Waals surface area contributed by atoms with Crippen molar-refractivity contribution < 1.29 is 14.9 Å². The van der Waals surface area contributed by atoms with Crippen molar-refractivity contribution in [3.8, 4) is 11.5 Å². The van der Waals surface area contributed by atoms with E-state index in [4.69, 9.17) is 4.74 Å². The number of benzene rings is 1. The van der Waals surface area contributed by atoms with Gasteiger partial charge < -0.3 is 14.9 Å². The van der Waals surface area contributed by atoms with Crippen molar-refractivity contribution in [2.75, 3.05) is 26.2 Å². The first-order valence-electron chi connectivity index (χ1n) is 6.06. The smallest absolute Gasteiger partial charge is 0.119 e. The van der Waals surface area contributed by atoms with Gasteiger partial charge in [0.05, 0.1) is 12.7 Å². The molecule has 1 aliphatic heterocycles. The van der Waals surface area contributed by atoms with Gasteiger partial charge in [-0.3, -0.25) is 4.90 Å². The molecule has 1 heterocycles. The molecule has 1 fully saturated rings. The molecule has 0 bridgehead atoms. The molecule has 0 saturated carbocycles. The molecular formula is C13H19NO3. The summed E-state index contributed by atoms with van der Waals surface area (Å²) in [5, 5.41) is 18.9. The van der Waals surface area contributed by atoms with Gasteiger partial charge in [0.2, 0.25) is 0 Å². The number of aromatic hydroxyl groups is 2. The summed E-state index contributed by atoms with van der Waals surface area (Å²) in [5.41, 5.74) is 0.836. The summed E-state index contributed by atoms with van der Waals surface area (Å²) in [4.78, 5) is 2.34. The summed E-state index contributed by atoms with van der Waals surface area (Å²) in [6, 6.07) is 4.63. The maximum atomic E-state index is 9.46. The Morgan fingerprint density at radius 2 is 2.00 bits per heavy atom. The van der Waals surface area contributed by atoms with Gasteiger partial charge >= 0.3 is 0 Å². The quantitative estimate of drug-likeness (QED) is 0.842. The zero-order valence-corrected chi connectivity index (χ0v) is 10.1. The van der Waals surface area contributed by atoms with E-state index in [0.717, 1.165) is 31.6 Å². The van der Waals surface area contributed by atoms with Gasteiger partial charge in [-0.1, -0.05) is 6.92 Å². The van der Waals surface area contributed by atoms with E-state index in [9.17, 15) is 10.2 Å². The Kier molecular flexibility index (Phi) is 3.86. The van der Waals surface area contributed by atoms with Crippen molar-refractivity contribution in [3.63, 3.8) is 0 Å². The Labute approximate surface area is 101 Å². The molecule has 4 heteroatoms. The lowest BCUT2D eigenvalue weighted by Gasteiger charge is -2.33. The minimum Gasteiger partial charge on any atom is -0.508 e. The van der Waals surface area contributed by atoms with Crippen molar-refractivity contribution in [1.29, 1.82) is 0 Å². The fraction of sp³-hybridized carbons (Fsp3) is 0.538. The van der Waals surface area contributed by atoms with Gasteiger partial charge in [0, 0.05) is 19.2 Å². The van der Waals surface area contributed by atoms with Crippen LogP contribution >= 0.6 is 0 Å². The minimum absolute atomic E-state index is 0.0618. The first-order valence-corrected chi connectivity index (χ1v) is 6.06. The van der Waals surface area contributed by atoms with Crippen molar-refractivity contribution in [2.24, 2.45) is 0 Å². The number of ether oxygens (including phenoxy) is 1. The molecule has 4 nitrogen and oxygen atoms in total. The highest BCUT2D eigenvalue weighted by molar-refractivity contribution is 5.37. The van der Waals surface area contributed by atoms with Gasteiger partial charge in [-0.25, -0.2) is 0 Å². The van der Waals surface area contributed by atoms with Crippen molar-refractivity contribution in [2.45, 2.75) is 19.4 Å². The summed E-state index contributed by atoms with van der Waals surface area (Å²) in [6.07, 6.45) is 1.06. The molecule has 1 aliphatic rings. The summed E-state index contributed by atoms with van der Waals surface area (Å²) >= 11 is 0. The van der Waals surface area contributed by atoms with E-state index < -0.39 is 0 Å². The second-order valence-corrected chi connectivity index (χ2v) is 4.44. The summed E-state index contributed by atoms with van der Waals surface area (Å²) in [5.74, 6) is 0.160. The zero-order valence-electron chi connectivity index (χ0n) is 10.1. The lowest BCUT2D eigenvalue weighted by molar-refractivity contribution is -0.0300. The SMILES string of the molecule is CCCN1CCO[C@H](c2cc(O)cc(O)c2)C1. The molecule has 0 spiro atoms. The number of hydrogen-bond acceptors (Lipinski definition) is 4. The fourth-order valence-electron chi connectivity index (χ4n) is 2.23. The van der Waals surface area contributed by atoms with Crippen LogP contribution in [-0.2, 0) is 4.74 Å². The Balaban J connectivity index is 2.10. The predicted molar refractivity (Wildman–Crippen MR) is 65.2 cm³/mol. The summed E-state index contributed by atoms with van der Waals surface area (Å²) < 4.78 is 5.69. The van der Waals surface area contributed by atoms with E-state index in [0.29, 0.717) is 6.61 Å². The molecule has 1 saturated heterocycles. The Morgan fingerprint density at radius 1 is 1.29 bits per heavy atom. The molecule has 1 aromatic rings. The Hall–Kier alpha value is -1.26. The standard InChI is InChI=1S/C13H19NO3/c1-2-3-14-4-5-17-13(9-14)10-6-11(15)8-12(16)7-10/h6-8,13,15-16H,2-5,9H2,1H3/t13-/m0/s1. The number of rotatable bonds is 3. The highest BCUT2D eigenvalue weighted by Gasteiger charge is 2.22. The van der Waals surface area contributed by atoms with Gasteiger partial charge in [0.25, 0.3) is 0 Å². The van der Waals surface area contributed by atoms with E-state index in [2.05, 4.69) is 11.8 Å². The van der Waals surface area contributed by atoms with Crippen LogP contribution in [0, 0.1) is 0 Å². The summed E-state index contributed by atoms with van der Waals surface area (Å²) in [7, 11) is 0. The van der Waals surface area contributed by atoms with Crippen LogP contribution in [-0.4, -0.2) is 41.4 Å². The van der Waals surface area contributed by atoms with E-state index >= 15 is 0 Å². The molecule has 0 aromatic heterocycles. The van der Waals surface area contributed by atoms with Crippen LogP contribution in [0.2, 0.25) is 0 Å². The lowest BCUT2D eigenvalue weighted by Crippen LogP contribution is -2.38. The Morgan fingerprint density at radius 3 is 2.65 bits per heavy atom. The molecule has 2 rings (SSSR count). The third-order valence-corrected chi connectivity index (χ3v) is 2.99. The molecule has 2 N–H and O–H groups in total. The molecule has 0 radical (unpaired) electrons. The maximum Gasteiger partial charge on any atom is 0.119 e. The zero-order chi connectivity index (χ0) is 12.3. The molecule has 0 amide bonds. The first kappa shape index (κ1) is 12.2. The van der Waals surface area contributed by atoms with Crippen molar-refractivity contribution in [3.05, 3.63) is 23.8 Å². The molecule has 17 heavy (non-hydrogen) atoms. The van der Waals surface area contributed by atoms with Crippen molar-refractivity contribution in [1.82, 2.24) is 4.90 Å². The van der Waals surface area contributed by atoms with Gasteiger partial charge in [-0.2, -0.15) is 0 Å². The molecule has 1 aromatic carbocycles. The number of morpholine rings is 1. The average molecular weight is 237 g/mol. The normalized spacial score (nSPS) is 21.6. The van der Waals surface area contributed by atoms with Gasteiger partial charge in [-0.05, 0) is 30.7 Å². The number of phenols is 2. The van der Waals surface area contributed by atoms with Crippen LogP contribution in [0.15, 0.2) is 18.2 Å². The topological polar surface area (TPSA) is 52.9 Å². The highest BCUT2D eigenvalue weighted by atomic mass is 16.5. The van der Waals surface area contributed by atoms with Gasteiger partial charge in [0.1, 0.15) is 11.5 Å². The minimum atomic E-state index is -0.0618. The monoisotopic (exact) mass is 237 g/mol. The molecule has 94 valence electrons. The number of nitrogens with zero attached hydrogens (tertiary/aromatic N) is 1. The highest BCUT2D eigenvalue weighted by Crippen LogP contribution is 2.29. The van der Waals surface area contributed by atoms with Crippen LogP contribution in [0.5, 0.6) is 11.5 Å². The van der Waals surface area contributed by atoms with Crippen LogP contribution in [0.3, 0.4) is 0 Å². The average Bonchev–Trinajstić information content (AvgIpc) is 2.28. The Bertz CT molecular complexity index is 359. The van der Waals surface area contributed by atoms with Crippen LogP contribution in [0.25, 0.3) is 0 Å². The van der Waals surface area contributed by atoms with Crippen LogP contribution in [0.4, 0.5) is 0 Å². The van der Waals surface area contributed by atoms with Crippen LogP contribution < -0.4 is 0 Å². The molecular weight excluding hydrogens is 218 g/mol. The van der Waals surface area contributed by atoms with Gasteiger partial charge in [0.15, 0.2) is 0 Å². The molecule has 0 unspecified atom stereocenters. The first-order chi connectivity index (χ1) is 8.19. The van der Waals surface area contributed by atoms with Crippen molar-refractivity contribution >= 4 is 0 Å². The molecule has 1 atom stereocenters. The third-order valence-electron chi connectivity index (χ3n) is 2.99. The van der Waals surface area contributed by atoms with E-state index in [1.54, 1.807) is 12.1 Å². The second kappa shape index (κ2) is 5.38. The lowest BCUT2D eigenvalue weighted by atomic mass is 10.1. The van der Waals surface area contributed by atoms with E-state index in [-0.39, 0.29) is 17.6 Å². The van der Waals surface area contributed by atoms with E-state index in [1.165, 1.54) is 6.07 Å². The van der Waals surface area contributed by atoms with E-state index in [1.807, 2.05) is 0 Å². The fourth-order valence-corrected chi connectivity index (χ4v) is 2.23. The number of hydrogen-bond donors (Lipinski definition) is 2. The van der Waals surface area contributed by atoms with Gasteiger partial charge in [-0.15, -0.1) is 0 Å². The largest absolute Gasteiger partial charge is 0.508 e. The second-order valence-electron chi connectivity index (χ2n) is 4.44. The number of phenolic OH excluding ortho intramolecular Hbond substituents is 2. The third kappa shape index (κ3) is 3.11. The van der Waals surface area contributed by atoms with Crippen LogP contribution in [0.1, 0.15) is 25.0 Å². The maximum absolute atomic E-state index is 9.46. The predicted octanol–water partition coefficient (Wildman–Crippen LogP) is 1.88. The molecule has 0 aliphatic carbocycles.